The van der Waals surface area contributed by atoms with E-state index in [2.05, 4.69) is 35.4 Å². The summed E-state index contributed by atoms with van der Waals surface area (Å²) in [6, 6.07) is 0.0671. The topological polar surface area (TPSA) is 101 Å². The van der Waals surface area contributed by atoms with Gasteiger partial charge in [0, 0.05) is 24.7 Å². The Morgan fingerprint density at radius 2 is 2.08 bits per heavy atom. The predicted molar refractivity (Wildman–Crippen MR) is 102 cm³/mol. The molecule has 0 saturated heterocycles. The summed E-state index contributed by atoms with van der Waals surface area (Å²) >= 11 is 0. The number of H-pyrrole nitrogens is 1. The van der Waals surface area contributed by atoms with Crippen LogP contribution >= 0.6 is 24.8 Å². The van der Waals surface area contributed by atoms with Gasteiger partial charge in [-0.1, -0.05) is 19.3 Å². The fraction of sp³-hybridized carbons (Fsp3) is 0.625. The fourth-order valence-electron chi connectivity index (χ4n) is 3.76. The lowest BCUT2D eigenvalue weighted by Crippen LogP contribution is -2.41. The molecule has 26 heavy (non-hydrogen) atoms. The lowest BCUT2D eigenvalue weighted by molar-refractivity contribution is -0.123. The quantitative estimate of drug-likeness (QED) is 0.725. The van der Waals surface area contributed by atoms with E-state index in [1.165, 1.54) is 32.1 Å². The number of rotatable bonds is 4. The van der Waals surface area contributed by atoms with E-state index >= 15 is 0 Å². The van der Waals surface area contributed by atoms with Gasteiger partial charge in [0.05, 0.1) is 18.6 Å². The summed E-state index contributed by atoms with van der Waals surface area (Å²) in [5, 5.41) is 14.5. The highest BCUT2D eigenvalue weighted by Gasteiger charge is 2.28. The van der Waals surface area contributed by atoms with Crippen LogP contribution in [0.2, 0.25) is 0 Å². The minimum atomic E-state index is -0.397. The van der Waals surface area contributed by atoms with E-state index < -0.39 is 6.04 Å². The van der Waals surface area contributed by atoms with E-state index in [1.54, 1.807) is 12.7 Å². The van der Waals surface area contributed by atoms with Crippen LogP contribution < -0.4 is 10.6 Å². The first-order chi connectivity index (χ1) is 11.8. The molecule has 2 aliphatic rings. The number of nitrogens with zero attached hydrogens (tertiary/aromatic N) is 4. The van der Waals surface area contributed by atoms with Crippen LogP contribution in [0.3, 0.4) is 0 Å². The minimum Gasteiger partial charge on any atom is -0.348 e. The summed E-state index contributed by atoms with van der Waals surface area (Å²) in [7, 11) is 0. The maximum atomic E-state index is 12.6. The lowest BCUT2D eigenvalue weighted by Gasteiger charge is -2.25. The van der Waals surface area contributed by atoms with Gasteiger partial charge in [0.1, 0.15) is 12.4 Å². The maximum Gasteiger partial charge on any atom is 0.243 e. The van der Waals surface area contributed by atoms with Crippen LogP contribution in [0.4, 0.5) is 0 Å². The molecule has 144 valence electrons. The van der Waals surface area contributed by atoms with Crippen molar-refractivity contribution >= 4 is 30.7 Å². The molecule has 3 heterocycles. The number of imidazole rings is 1. The fourth-order valence-corrected chi connectivity index (χ4v) is 3.76. The van der Waals surface area contributed by atoms with Gasteiger partial charge in [0.25, 0.3) is 0 Å². The largest absolute Gasteiger partial charge is 0.348 e. The Hall–Kier alpha value is -1.64. The molecule has 8 nitrogen and oxygen atoms in total. The highest BCUT2D eigenvalue weighted by atomic mass is 35.5. The normalized spacial score (nSPS) is 19.8. The molecule has 4 rings (SSSR count). The van der Waals surface area contributed by atoms with Crippen LogP contribution in [0.5, 0.6) is 0 Å². The van der Waals surface area contributed by atoms with Crippen molar-refractivity contribution in [1.82, 2.24) is 35.4 Å². The van der Waals surface area contributed by atoms with Crippen molar-refractivity contribution < 1.29 is 4.79 Å². The Bertz CT molecular complexity index is 711. The second-order valence-corrected chi connectivity index (χ2v) is 6.57. The summed E-state index contributed by atoms with van der Waals surface area (Å²) < 4.78 is 2.13. The molecule has 10 heteroatoms. The maximum absolute atomic E-state index is 12.6. The number of aromatic nitrogens is 5. The number of hydrogen-bond acceptors (Lipinski definition) is 5. The SMILES string of the molecule is Cl.Cl.O=C(NCc1nncn1C1CCCCC1)C1NCCc2[nH]cnc21. The molecule has 0 aromatic carbocycles. The molecule has 0 radical (unpaired) electrons. The van der Waals surface area contributed by atoms with E-state index in [0.29, 0.717) is 12.6 Å². The number of amides is 1. The molecule has 2 aromatic rings. The molecular weight excluding hydrogens is 377 g/mol. The Balaban J connectivity index is 0.00000121. The van der Waals surface area contributed by atoms with E-state index in [9.17, 15) is 4.79 Å². The summed E-state index contributed by atoms with van der Waals surface area (Å²) in [6.07, 6.45) is 10.5. The first-order valence-corrected chi connectivity index (χ1v) is 8.74. The molecule has 1 atom stereocenters. The highest BCUT2D eigenvalue weighted by Crippen LogP contribution is 2.28. The Labute approximate surface area is 164 Å². The van der Waals surface area contributed by atoms with Crippen molar-refractivity contribution in [2.45, 2.75) is 57.2 Å². The summed E-state index contributed by atoms with van der Waals surface area (Å²) in [5.41, 5.74) is 1.84. The molecule has 1 unspecified atom stereocenters. The first kappa shape index (κ1) is 20.7. The van der Waals surface area contributed by atoms with E-state index in [1.807, 2.05) is 0 Å². The van der Waals surface area contributed by atoms with Crippen molar-refractivity contribution in [3.63, 3.8) is 0 Å². The van der Waals surface area contributed by atoms with Gasteiger partial charge < -0.3 is 20.2 Å². The number of carbonyl (C=O) groups is 1. The van der Waals surface area contributed by atoms with Crippen LogP contribution in [0.25, 0.3) is 0 Å². The molecule has 1 aliphatic heterocycles. The third-order valence-corrected chi connectivity index (χ3v) is 5.05. The third kappa shape index (κ3) is 4.19. The average Bonchev–Trinajstić information content (AvgIpc) is 3.29. The zero-order chi connectivity index (χ0) is 16.4. The van der Waals surface area contributed by atoms with Crippen LogP contribution in [0, 0.1) is 0 Å². The summed E-state index contributed by atoms with van der Waals surface area (Å²) in [6.45, 7) is 1.17. The second kappa shape index (κ2) is 9.34. The highest BCUT2D eigenvalue weighted by molar-refractivity contribution is 5.85. The molecule has 1 fully saturated rings. The number of nitrogens with one attached hydrogen (secondary N) is 3. The van der Waals surface area contributed by atoms with Gasteiger partial charge in [-0.15, -0.1) is 35.0 Å². The molecule has 0 spiro atoms. The number of hydrogen-bond donors (Lipinski definition) is 3. The van der Waals surface area contributed by atoms with Crippen molar-refractivity contribution in [2.24, 2.45) is 0 Å². The Morgan fingerprint density at radius 3 is 2.88 bits per heavy atom. The van der Waals surface area contributed by atoms with Crippen LogP contribution in [0.1, 0.15) is 61.4 Å². The minimum absolute atomic E-state index is 0. The molecule has 1 saturated carbocycles. The van der Waals surface area contributed by atoms with E-state index in [-0.39, 0.29) is 30.7 Å². The van der Waals surface area contributed by atoms with Crippen molar-refractivity contribution in [2.75, 3.05) is 6.54 Å². The zero-order valence-electron chi connectivity index (χ0n) is 14.5. The first-order valence-electron chi connectivity index (χ1n) is 8.74. The Kier molecular flexibility index (Phi) is 7.43. The van der Waals surface area contributed by atoms with E-state index in [0.717, 1.165) is 30.2 Å². The van der Waals surface area contributed by atoms with Crippen LogP contribution in [-0.2, 0) is 17.8 Å². The molecule has 3 N–H and O–H groups in total. The number of carbonyl (C=O) groups excluding carboxylic acids is 1. The third-order valence-electron chi connectivity index (χ3n) is 5.05. The van der Waals surface area contributed by atoms with Crippen LogP contribution in [0.15, 0.2) is 12.7 Å². The number of aromatic amines is 1. The predicted octanol–water partition coefficient (Wildman–Crippen LogP) is 1.85. The Morgan fingerprint density at radius 1 is 1.27 bits per heavy atom. The molecule has 1 aliphatic carbocycles. The molecule has 0 bridgehead atoms. The van der Waals surface area contributed by atoms with Gasteiger partial charge in [-0.2, -0.15) is 0 Å². The summed E-state index contributed by atoms with van der Waals surface area (Å²) in [4.78, 5) is 19.9. The molecule has 1 amide bonds. The van der Waals surface area contributed by atoms with Gasteiger partial charge in [0.2, 0.25) is 5.91 Å². The zero-order valence-corrected chi connectivity index (χ0v) is 16.1. The summed E-state index contributed by atoms with van der Waals surface area (Å²) in [5.74, 6) is 0.759. The standard InChI is InChI=1S/C16H23N7O.2ClH/c24-16(15-14-12(6-7-17-15)19-9-20-14)18-8-13-22-21-10-23(13)11-4-2-1-3-5-11;;/h9-11,15,17H,1-8H2,(H,18,24)(H,19,20);2*1H. The van der Waals surface area contributed by atoms with E-state index in [4.69, 9.17) is 0 Å². The van der Waals surface area contributed by atoms with Crippen molar-refractivity contribution in [3.8, 4) is 0 Å². The van der Waals surface area contributed by atoms with Gasteiger partial charge in [-0.3, -0.25) is 4.79 Å². The van der Waals surface area contributed by atoms with Crippen molar-refractivity contribution in [1.29, 1.82) is 0 Å². The number of fused-ring (bicyclic) bond motifs is 1. The van der Waals surface area contributed by atoms with Crippen LogP contribution in [-0.4, -0.2) is 37.2 Å². The van der Waals surface area contributed by atoms with Gasteiger partial charge in [-0.25, -0.2) is 4.98 Å². The monoisotopic (exact) mass is 401 g/mol. The molecule has 2 aromatic heterocycles. The van der Waals surface area contributed by atoms with Gasteiger partial charge >= 0.3 is 0 Å². The van der Waals surface area contributed by atoms with Crippen molar-refractivity contribution in [3.05, 3.63) is 29.9 Å². The smallest absolute Gasteiger partial charge is 0.243 e. The second-order valence-electron chi connectivity index (χ2n) is 6.57. The van der Waals surface area contributed by atoms with Gasteiger partial charge in [-0.05, 0) is 12.8 Å². The molecular formula is C16H25Cl2N7O. The van der Waals surface area contributed by atoms with Gasteiger partial charge in [0.15, 0.2) is 5.82 Å². The number of halogens is 2. The lowest BCUT2D eigenvalue weighted by atomic mass is 9.95. The average molecular weight is 402 g/mol.